The molecule has 0 bridgehead atoms. The van der Waals surface area contributed by atoms with E-state index in [1.807, 2.05) is 6.92 Å². The first-order chi connectivity index (χ1) is 9.31. The SMILES string of the molecule is CC1CCC(CCN2C(=O)C(C)(C)NC(=O)C2C)CC1. The van der Waals surface area contributed by atoms with Crippen molar-refractivity contribution < 1.29 is 9.59 Å². The summed E-state index contributed by atoms with van der Waals surface area (Å²) in [6.07, 6.45) is 6.19. The lowest BCUT2D eigenvalue weighted by atomic mass is 9.81. The van der Waals surface area contributed by atoms with Crippen molar-refractivity contribution in [1.29, 1.82) is 0 Å². The van der Waals surface area contributed by atoms with Crippen molar-refractivity contribution in [2.24, 2.45) is 11.8 Å². The van der Waals surface area contributed by atoms with Crippen molar-refractivity contribution in [2.45, 2.75) is 71.4 Å². The number of carbonyl (C=O) groups excluding carboxylic acids is 2. The lowest BCUT2D eigenvalue weighted by Gasteiger charge is -2.42. The van der Waals surface area contributed by atoms with Gasteiger partial charge in [-0.3, -0.25) is 9.59 Å². The Bertz CT molecular complexity index is 384. The predicted octanol–water partition coefficient (Wildman–Crippen LogP) is 2.33. The second-order valence-electron chi connectivity index (χ2n) is 7.20. The van der Waals surface area contributed by atoms with Crippen LogP contribution in [-0.2, 0) is 9.59 Å². The molecule has 20 heavy (non-hydrogen) atoms. The standard InChI is InChI=1S/C16H28N2O2/c1-11-5-7-13(8-6-11)9-10-18-12(2)14(19)17-16(3,4)15(18)20/h11-13H,5-10H2,1-4H3,(H,17,19). The second kappa shape index (κ2) is 5.74. The maximum Gasteiger partial charge on any atom is 0.248 e. The lowest BCUT2D eigenvalue weighted by Crippen LogP contribution is -2.67. The smallest absolute Gasteiger partial charge is 0.248 e. The van der Waals surface area contributed by atoms with Crippen LogP contribution >= 0.6 is 0 Å². The van der Waals surface area contributed by atoms with Gasteiger partial charge in [0.1, 0.15) is 11.6 Å². The molecule has 1 N–H and O–H groups in total. The van der Waals surface area contributed by atoms with Crippen LogP contribution in [0.3, 0.4) is 0 Å². The van der Waals surface area contributed by atoms with Gasteiger partial charge in [-0.1, -0.05) is 32.6 Å². The van der Waals surface area contributed by atoms with E-state index in [0.29, 0.717) is 0 Å². The van der Waals surface area contributed by atoms with E-state index in [2.05, 4.69) is 12.2 Å². The maximum absolute atomic E-state index is 12.4. The van der Waals surface area contributed by atoms with Gasteiger partial charge in [-0.25, -0.2) is 0 Å². The van der Waals surface area contributed by atoms with E-state index in [0.717, 1.165) is 24.8 Å². The van der Waals surface area contributed by atoms with Crippen LogP contribution in [0.15, 0.2) is 0 Å². The van der Waals surface area contributed by atoms with E-state index in [9.17, 15) is 9.59 Å². The molecule has 1 atom stereocenters. The molecule has 1 aliphatic heterocycles. The van der Waals surface area contributed by atoms with Gasteiger partial charge in [-0.15, -0.1) is 0 Å². The summed E-state index contributed by atoms with van der Waals surface area (Å²) in [4.78, 5) is 26.2. The molecule has 2 amide bonds. The molecule has 1 unspecified atom stereocenters. The van der Waals surface area contributed by atoms with Crippen LogP contribution < -0.4 is 5.32 Å². The zero-order chi connectivity index (χ0) is 14.9. The van der Waals surface area contributed by atoms with Crippen LogP contribution in [0.5, 0.6) is 0 Å². The van der Waals surface area contributed by atoms with Crippen molar-refractivity contribution >= 4 is 11.8 Å². The summed E-state index contributed by atoms with van der Waals surface area (Å²) in [6, 6.07) is -0.335. The van der Waals surface area contributed by atoms with Gasteiger partial charge in [-0.05, 0) is 39.0 Å². The molecule has 0 aromatic heterocycles. The molecular formula is C16H28N2O2. The molecule has 1 saturated carbocycles. The van der Waals surface area contributed by atoms with Gasteiger partial charge in [0.2, 0.25) is 11.8 Å². The molecule has 1 saturated heterocycles. The summed E-state index contributed by atoms with van der Waals surface area (Å²) >= 11 is 0. The van der Waals surface area contributed by atoms with E-state index in [1.165, 1.54) is 25.7 Å². The molecule has 2 rings (SSSR count). The van der Waals surface area contributed by atoms with Gasteiger partial charge in [0.15, 0.2) is 0 Å². The highest BCUT2D eigenvalue weighted by atomic mass is 16.2. The van der Waals surface area contributed by atoms with Crippen LogP contribution in [-0.4, -0.2) is 34.8 Å². The number of piperazine rings is 1. The number of nitrogens with zero attached hydrogens (tertiary/aromatic N) is 1. The average Bonchev–Trinajstić information content (AvgIpc) is 2.38. The molecular weight excluding hydrogens is 252 g/mol. The molecule has 0 radical (unpaired) electrons. The molecule has 0 spiro atoms. The minimum Gasteiger partial charge on any atom is -0.340 e. The second-order valence-corrected chi connectivity index (χ2v) is 7.20. The topological polar surface area (TPSA) is 49.4 Å². The zero-order valence-corrected chi connectivity index (χ0v) is 13.2. The molecule has 2 fully saturated rings. The minimum absolute atomic E-state index is 0.0353. The summed E-state index contributed by atoms with van der Waals surface area (Å²) in [5.41, 5.74) is -0.759. The van der Waals surface area contributed by atoms with Crippen LogP contribution in [0.25, 0.3) is 0 Å². The summed E-state index contributed by atoms with van der Waals surface area (Å²) in [5, 5.41) is 2.80. The summed E-state index contributed by atoms with van der Waals surface area (Å²) < 4.78 is 0. The number of nitrogens with one attached hydrogen (secondary N) is 1. The first-order valence-corrected chi connectivity index (χ1v) is 7.94. The number of hydrogen-bond acceptors (Lipinski definition) is 2. The third kappa shape index (κ3) is 3.15. The molecule has 4 heteroatoms. The van der Waals surface area contributed by atoms with Gasteiger partial charge in [0, 0.05) is 6.54 Å². The van der Waals surface area contributed by atoms with Crippen molar-refractivity contribution in [3.8, 4) is 0 Å². The van der Waals surface area contributed by atoms with Crippen molar-refractivity contribution in [1.82, 2.24) is 10.2 Å². The van der Waals surface area contributed by atoms with Gasteiger partial charge in [0.05, 0.1) is 0 Å². The van der Waals surface area contributed by atoms with E-state index in [1.54, 1.807) is 18.7 Å². The fraction of sp³-hybridized carbons (Fsp3) is 0.875. The van der Waals surface area contributed by atoms with E-state index in [-0.39, 0.29) is 17.9 Å². The molecule has 1 heterocycles. The summed E-state index contributed by atoms with van der Waals surface area (Å²) in [5.74, 6) is 1.59. The third-order valence-corrected chi connectivity index (χ3v) is 4.99. The Labute approximate surface area is 122 Å². The Kier molecular flexibility index (Phi) is 4.40. The average molecular weight is 280 g/mol. The maximum atomic E-state index is 12.4. The largest absolute Gasteiger partial charge is 0.340 e. The van der Waals surface area contributed by atoms with Crippen LogP contribution in [0.4, 0.5) is 0 Å². The Morgan fingerprint density at radius 2 is 1.75 bits per heavy atom. The summed E-state index contributed by atoms with van der Waals surface area (Å²) in [6.45, 7) is 8.43. The highest BCUT2D eigenvalue weighted by Gasteiger charge is 2.43. The normalized spacial score (nSPS) is 34.0. The number of amides is 2. The monoisotopic (exact) mass is 280 g/mol. The first kappa shape index (κ1) is 15.3. The Balaban J connectivity index is 1.93. The quantitative estimate of drug-likeness (QED) is 0.862. The van der Waals surface area contributed by atoms with Gasteiger partial charge >= 0.3 is 0 Å². The predicted molar refractivity (Wildman–Crippen MR) is 79.1 cm³/mol. The Morgan fingerprint density at radius 3 is 2.35 bits per heavy atom. The molecule has 114 valence electrons. The van der Waals surface area contributed by atoms with E-state index >= 15 is 0 Å². The van der Waals surface area contributed by atoms with E-state index in [4.69, 9.17) is 0 Å². The number of carbonyl (C=O) groups is 2. The van der Waals surface area contributed by atoms with Gasteiger partial charge < -0.3 is 10.2 Å². The molecule has 0 aromatic carbocycles. The number of rotatable bonds is 3. The zero-order valence-electron chi connectivity index (χ0n) is 13.2. The highest BCUT2D eigenvalue weighted by Crippen LogP contribution is 2.31. The summed E-state index contributed by atoms with van der Waals surface area (Å²) in [7, 11) is 0. The van der Waals surface area contributed by atoms with Gasteiger partial charge in [-0.2, -0.15) is 0 Å². The molecule has 1 aliphatic carbocycles. The van der Waals surface area contributed by atoms with Crippen molar-refractivity contribution in [3.63, 3.8) is 0 Å². The van der Waals surface area contributed by atoms with Crippen LogP contribution in [0.1, 0.15) is 59.8 Å². The van der Waals surface area contributed by atoms with E-state index < -0.39 is 5.54 Å². The molecule has 2 aliphatic rings. The fourth-order valence-corrected chi connectivity index (χ4v) is 3.38. The lowest BCUT2D eigenvalue weighted by molar-refractivity contribution is -0.153. The van der Waals surface area contributed by atoms with Crippen LogP contribution in [0.2, 0.25) is 0 Å². The fourth-order valence-electron chi connectivity index (χ4n) is 3.38. The van der Waals surface area contributed by atoms with Crippen molar-refractivity contribution in [2.75, 3.05) is 6.54 Å². The molecule has 0 aromatic rings. The van der Waals surface area contributed by atoms with Crippen LogP contribution in [0, 0.1) is 11.8 Å². The first-order valence-electron chi connectivity index (χ1n) is 7.94. The van der Waals surface area contributed by atoms with Gasteiger partial charge in [0.25, 0.3) is 0 Å². The highest BCUT2D eigenvalue weighted by molar-refractivity contribution is 5.99. The molecule has 4 nitrogen and oxygen atoms in total. The third-order valence-electron chi connectivity index (χ3n) is 4.99. The van der Waals surface area contributed by atoms with Crippen molar-refractivity contribution in [3.05, 3.63) is 0 Å². The minimum atomic E-state index is -0.759. The number of hydrogen-bond donors (Lipinski definition) is 1. The Hall–Kier alpha value is -1.06. The Morgan fingerprint density at radius 1 is 1.15 bits per heavy atom.